The number of halogens is 3. The van der Waals surface area contributed by atoms with Gasteiger partial charge in [0.1, 0.15) is 0 Å². The number of benzene rings is 1. The molecule has 1 aromatic carbocycles. The molecule has 0 aliphatic heterocycles. The van der Waals surface area contributed by atoms with Crippen LogP contribution in [0.4, 0.5) is 13.2 Å². The average molecular weight is 327 g/mol. The molecule has 0 saturated carbocycles. The maximum Gasteiger partial charge on any atom is 0.501 e. The van der Waals surface area contributed by atoms with Crippen molar-refractivity contribution in [3.05, 3.63) is 59.0 Å². The first-order chi connectivity index (χ1) is 10.2. The van der Waals surface area contributed by atoms with Crippen LogP contribution < -0.4 is 5.43 Å². The maximum absolute atomic E-state index is 12.6. The van der Waals surface area contributed by atoms with Gasteiger partial charge in [-0.15, -0.1) is 0 Å². The van der Waals surface area contributed by atoms with E-state index in [1.54, 1.807) is 18.2 Å². The maximum atomic E-state index is 12.6. The molecule has 0 amide bonds. The van der Waals surface area contributed by atoms with Crippen molar-refractivity contribution >= 4 is 26.1 Å². The lowest BCUT2D eigenvalue weighted by atomic mass is 10.2. The van der Waals surface area contributed by atoms with E-state index in [1.807, 2.05) is 0 Å². The summed E-state index contributed by atoms with van der Waals surface area (Å²) in [7, 11) is -5.49. The number of nitrogens with zero attached hydrogens (tertiary/aromatic N) is 1. The molecule has 114 valence electrons. The van der Waals surface area contributed by atoms with Crippen molar-refractivity contribution in [1.82, 2.24) is 4.40 Å². The Morgan fingerprint density at radius 1 is 1.05 bits per heavy atom. The second-order valence-electron chi connectivity index (χ2n) is 4.65. The largest absolute Gasteiger partial charge is 0.501 e. The van der Waals surface area contributed by atoms with Gasteiger partial charge in [-0.3, -0.25) is 4.79 Å². The zero-order valence-corrected chi connectivity index (χ0v) is 11.6. The molecule has 0 unspecified atom stereocenters. The summed E-state index contributed by atoms with van der Waals surface area (Å²) in [4.78, 5) is 11.4. The fourth-order valence-electron chi connectivity index (χ4n) is 2.19. The van der Waals surface area contributed by atoms with Crippen molar-refractivity contribution in [3.8, 4) is 0 Å². The Morgan fingerprint density at radius 3 is 2.41 bits per heavy atom. The highest BCUT2D eigenvalue weighted by molar-refractivity contribution is 7.92. The first-order valence-electron chi connectivity index (χ1n) is 6.07. The zero-order chi connectivity index (χ0) is 16.1. The number of sulfone groups is 1. The van der Waals surface area contributed by atoms with Crippen LogP contribution in [0.3, 0.4) is 0 Å². The predicted octanol–water partition coefficient (Wildman–Crippen LogP) is 2.75. The monoisotopic (exact) mass is 327 g/mol. The Kier molecular flexibility index (Phi) is 3.03. The summed E-state index contributed by atoms with van der Waals surface area (Å²) in [5.74, 6) is 0. The summed E-state index contributed by atoms with van der Waals surface area (Å²) in [6.07, 6.45) is 2.15. The Labute approximate surface area is 122 Å². The summed E-state index contributed by atoms with van der Waals surface area (Å²) >= 11 is 0. The molecule has 0 N–H and O–H groups in total. The van der Waals surface area contributed by atoms with Crippen molar-refractivity contribution < 1.29 is 21.6 Å². The van der Waals surface area contributed by atoms with E-state index in [0.717, 1.165) is 16.7 Å². The van der Waals surface area contributed by atoms with Gasteiger partial charge in [0.15, 0.2) is 0 Å². The second kappa shape index (κ2) is 4.57. The second-order valence-corrected chi connectivity index (χ2v) is 6.59. The standard InChI is InChI=1S/C14H8F3NO3S/c15-14(16,17)22(20,21)10-7-12-13(19)11-4-2-1-3-9(11)5-6-18(12)8-10/h1-8H. The van der Waals surface area contributed by atoms with Crippen LogP contribution in [0, 0.1) is 0 Å². The molecule has 3 aromatic rings. The summed E-state index contributed by atoms with van der Waals surface area (Å²) in [5, 5.41) is 0.906. The molecule has 0 spiro atoms. The fraction of sp³-hybridized carbons (Fsp3) is 0.0714. The van der Waals surface area contributed by atoms with Gasteiger partial charge in [0.2, 0.25) is 5.43 Å². The minimum atomic E-state index is -5.49. The summed E-state index contributed by atoms with van der Waals surface area (Å²) in [5.41, 5.74) is -6.08. The van der Waals surface area contributed by atoms with Gasteiger partial charge < -0.3 is 4.40 Å². The highest BCUT2D eigenvalue weighted by Crippen LogP contribution is 2.31. The van der Waals surface area contributed by atoms with E-state index in [4.69, 9.17) is 0 Å². The van der Waals surface area contributed by atoms with Crippen LogP contribution in [0.2, 0.25) is 0 Å². The van der Waals surface area contributed by atoms with E-state index in [9.17, 15) is 26.4 Å². The Balaban J connectivity index is 2.41. The van der Waals surface area contributed by atoms with Gasteiger partial charge in [-0.1, -0.05) is 24.3 Å². The van der Waals surface area contributed by atoms with E-state index >= 15 is 0 Å². The first kappa shape index (κ1) is 14.6. The lowest BCUT2D eigenvalue weighted by Crippen LogP contribution is -2.22. The molecule has 4 nitrogen and oxygen atoms in total. The summed E-state index contributed by atoms with van der Waals surface area (Å²) in [6, 6.07) is 8.84. The van der Waals surface area contributed by atoms with Crippen LogP contribution in [0.15, 0.2) is 58.5 Å². The van der Waals surface area contributed by atoms with Crippen molar-refractivity contribution in [2.45, 2.75) is 10.4 Å². The van der Waals surface area contributed by atoms with Gasteiger partial charge in [0, 0.05) is 17.8 Å². The molecule has 0 atom stereocenters. The van der Waals surface area contributed by atoms with Crippen LogP contribution in [0.25, 0.3) is 16.3 Å². The third-order valence-electron chi connectivity index (χ3n) is 3.29. The first-order valence-corrected chi connectivity index (χ1v) is 7.55. The van der Waals surface area contributed by atoms with Gasteiger partial charge in [-0.2, -0.15) is 13.2 Å². The molecule has 2 aromatic heterocycles. The lowest BCUT2D eigenvalue weighted by molar-refractivity contribution is -0.0435. The Bertz CT molecular complexity index is 1050. The molecule has 0 fully saturated rings. The Hall–Kier alpha value is -2.35. The van der Waals surface area contributed by atoms with Gasteiger partial charge in [-0.25, -0.2) is 8.42 Å². The van der Waals surface area contributed by atoms with Gasteiger partial charge >= 0.3 is 5.51 Å². The Morgan fingerprint density at radius 2 is 1.73 bits per heavy atom. The number of fused-ring (bicyclic) bond motifs is 2. The molecule has 0 saturated heterocycles. The van der Waals surface area contributed by atoms with Crippen molar-refractivity contribution in [2.75, 3.05) is 0 Å². The molecule has 0 aliphatic carbocycles. The molecule has 0 aliphatic rings. The minimum absolute atomic E-state index is 0.135. The van der Waals surface area contributed by atoms with E-state index in [1.165, 1.54) is 18.3 Å². The molecule has 3 rings (SSSR count). The predicted molar refractivity (Wildman–Crippen MR) is 74.4 cm³/mol. The van der Waals surface area contributed by atoms with E-state index in [2.05, 4.69) is 0 Å². The van der Waals surface area contributed by atoms with Gasteiger partial charge in [0.25, 0.3) is 9.84 Å². The van der Waals surface area contributed by atoms with Crippen molar-refractivity contribution in [3.63, 3.8) is 0 Å². The van der Waals surface area contributed by atoms with Crippen LogP contribution in [0.5, 0.6) is 0 Å². The smallest absolute Gasteiger partial charge is 0.319 e. The summed E-state index contributed by atoms with van der Waals surface area (Å²) in [6.45, 7) is 0. The van der Waals surface area contributed by atoms with Crippen LogP contribution >= 0.6 is 0 Å². The molecule has 8 heteroatoms. The number of alkyl halides is 3. The number of rotatable bonds is 1. The van der Waals surface area contributed by atoms with Crippen LogP contribution in [-0.4, -0.2) is 18.3 Å². The van der Waals surface area contributed by atoms with Gasteiger partial charge in [-0.05, 0) is 17.5 Å². The van der Waals surface area contributed by atoms with Crippen LogP contribution in [-0.2, 0) is 9.84 Å². The molecule has 0 bridgehead atoms. The lowest BCUT2D eigenvalue weighted by Gasteiger charge is -2.04. The molecule has 2 heterocycles. The van der Waals surface area contributed by atoms with E-state index in [0.29, 0.717) is 10.8 Å². The number of aromatic nitrogens is 1. The minimum Gasteiger partial charge on any atom is -0.319 e. The average Bonchev–Trinajstić information content (AvgIpc) is 2.83. The number of hydrogen-bond acceptors (Lipinski definition) is 3. The zero-order valence-electron chi connectivity index (χ0n) is 10.8. The third-order valence-corrected chi connectivity index (χ3v) is 4.74. The molecule has 22 heavy (non-hydrogen) atoms. The van der Waals surface area contributed by atoms with Gasteiger partial charge in [0.05, 0.1) is 10.4 Å². The van der Waals surface area contributed by atoms with E-state index < -0.39 is 25.7 Å². The highest BCUT2D eigenvalue weighted by atomic mass is 32.2. The third kappa shape index (κ3) is 2.07. The molecule has 0 radical (unpaired) electrons. The topological polar surface area (TPSA) is 55.6 Å². The normalized spacial score (nSPS) is 12.9. The number of hydrogen-bond donors (Lipinski definition) is 0. The highest BCUT2D eigenvalue weighted by Gasteiger charge is 2.47. The van der Waals surface area contributed by atoms with Crippen molar-refractivity contribution in [1.29, 1.82) is 0 Å². The quantitative estimate of drug-likeness (QED) is 0.690. The fourth-order valence-corrected chi connectivity index (χ4v) is 2.97. The SMILES string of the molecule is O=c1c2ccccc2ccn2cc(S(=O)(=O)C(F)(F)F)cc12. The summed E-state index contributed by atoms with van der Waals surface area (Å²) < 4.78 is 61.8. The van der Waals surface area contributed by atoms with Crippen LogP contribution in [0.1, 0.15) is 0 Å². The van der Waals surface area contributed by atoms with Crippen molar-refractivity contribution in [2.24, 2.45) is 0 Å². The molecular formula is C14H8F3NO3S. The van der Waals surface area contributed by atoms with E-state index in [-0.39, 0.29) is 5.52 Å². The molecular weight excluding hydrogens is 319 g/mol.